The van der Waals surface area contributed by atoms with Crippen LogP contribution in [0.2, 0.25) is 0 Å². The third-order valence-electron chi connectivity index (χ3n) is 2.64. The number of alkyl halides is 7. The predicted molar refractivity (Wildman–Crippen MR) is 65.7 cm³/mol. The number of rotatable bonds is 5. The van der Waals surface area contributed by atoms with Gasteiger partial charge in [-0.1, -0.05) is 0 Å². The molecule has 0 spiro atoms. The zero-order valence-corrected chi connectivity index (χ0v) is 11.4. The summed E-state index contributed by atoms with van der Waals surface area (Å²) in [5.74, 6) is -1.33. The van der Waals surface area contributed by atoms with E-state index in [-0.39, 0.29) is 11.3 Å². The molecule has 0 fully saturated rings. The van der Waals surface area contributed by atoms with Gasteiger partial charge in [-0.3, -0.25) is 0 Å². The summed E-state index contributed by atoms with van der Waals surface area (Å²) in [7, 11) is 0. The van der Waals surface area contributed by atoms with E-state index in [1.165, 1.54) is 0 Å². The lowest BCUT2D eigenvalue weighted by Gasteiger charge is -2.14. The first kappa shape index (κ1) is 17.8. The van der Waals surface area contributed by atoms with Crippen molar-refractivity contribution in [2.75, 3.05) is 0 Å². The number of hydrogen-bond acceptors (Lipinski definition) is 4. The molecule has 0 saturated heterocycles. The molecule has 1 heterocycles. The van der Waals surface area contributed by atoms with Gasteiger partial charge < -0.3 is 9.47 Å². The molecular formula is C13H7F7N2O2. The highest BCUT2D eigenvalue weighted by Gasteiger charge is 2.32. The van der Waals surface area contributed by atoms with Crippen LogP contribution >= 0.6 is 0 Å². The second kappa shape index (κ2) is 6.89. The van der Waals surface area contributed by atoms with E-state index in [4.69, 9.17) is 0 Å². The van der Waals surface area contributed by atoms with Crippen LogP contribution in [0.3, 0.4) is 0 Å². The third kappa shape index (κ3) is 4.46. The minimum absolute atomic E-state index is 0.166. The Morgan fingerprint density at radius 1 is 0.875 bits per heavy atom. The molecule has 24 heavy (non-hydrogen) atoms. The molecule has 2 aromatic rings. The first-order valence-electron chi connectivity index (χ1n) is 6.10. The van der Waals surface area contributed by atoms with Gasteiger partial charge in [0.15, 0.2) is 0 Å². The van der Waals surface area contributed by atoms with Crippen molar-refractivity contribution in [1.82, 2.24) is 9.97 Å². The van der Waals surface area contributed by atoms with Crippen LogP contribution in [0, 0.1) is 0 Å². The van der Waals surface area contributed by atoms with Crippen LogP contribution in [-0.4, -0.2) is 23.2 Å². The van der Waals surface area contributed by atoms with Crippen LogP contribution in [0.15, 0.2) is 30.6 Å². The predicted octanol–water partition coefficient (Wildman–Crippen LogP) is 4.37. The monoisotopic (exact) mass is 356 g/mol. The highest BCUT2D eigenvalue weighted by Crippen LogP contribution is 2.37. The minimum atomic E-state index is -4.76. The van der Waals surface area contributed by atoms with Crippen LogP contribution in [0.5, 0.6) is 11.6 Å². The Hall–Kier alpha value is -2.59. The van der Waals surface area contributed by atoms with Gasteiger partial charge in [0.05, 0.1) is 23.7 Å². The fraction of sp³-hybridized carbons (Fsp3) is 0.231. The lowest BCUT2D eigenvalue weighted by atomic mass is 10.1. The van der Waals surface area contributed by atoms with Crippen LogP contribution in [0.4, 0.5) is 30.7 Å². The van der Waals surface area contributed by atoms with Gasteiger partial charge in [0.1, 0.15) is 5.75 Å². The summed E-state index contributed by atoms with van der Waals surface area (Å²) in [5, 5.41) is 0. The maximum Gasteiger partial charge on any atom is 0.416 e. The summed E-state index contributed by atoms with van der Waals surface area (Å²) in [6, 6.07) is 1.88. The van der Waals surface area contributed by atoms with Gasteiger partial charge in [0, 0.05) is 5.56 Å². The molecule has 0 aliphatic rings. The number of aromatic nitrogens is 2. The maximum atomic E-state index is 12.7. The van der Waals surface area contributed by atoms with Gasteiger partial charge in [0.2, 0.25) is 5.88 Å². The Kier molecular flexibility index (Phi) is 5.10. The molecule has 0 radical (unpaired) electrons. The summed E-state index contributed by atoms with van der Waals surface area (Å²) in [6.45, 7) is -6.52. The van der Waals surface area contributed by atoms with E-state index in [1.54, 1.807) is 0 Å². The Bertz CT molecular complexity index is 690. The molecule has 0 atom stereocenters. The van der Waals surface area contributed by atoms with E-state index in [9.17, 15) is 30.7 Å². The van der Waals surface area contributed by atoms with Crippen molar-refractivity contribution < 1.29 is 40.2 Å². The van der Waals surface area contributed by atoms with Crippen molar-refractivity contribution in [2.24, 2.45) is 0 Å². The van der Waals surface area contributed by atoms with Gasteiger partial charge in [-0.05, 0) is 18.2 Å². The molecule has 0 aliphatic heterocycles. The standard InChI is InChI=1S/C13H7F7N2O2/c14-11(15)23-9-3-6(13(18,19)20)1-2-7(9)8-4-22-10(5-21-8)24-12(16)17/h1-5,11-12H. The first-order valence-corrected chi connectivity index (χ1v) is 6.10. The summed E-state index contributed by atoms with van der Waals surface area (Å²) >= 11 is 0. The van der Waals surface area contributed by atoms with Crippen molar-refractivity contribution in [3.05, 3.63) is 36.2 Å². The quantitative estimate of drug-likeness (QED) is 0.747. The normalized spacial score (nSPS) is 11.9. The van der Waals surface area contributed by atoms with Gasteiger partial charge >= 0.3 is 19.4 Å². The number of ether oxygens (including phenoxy) is 2. The summed E-state index contributed by atoms with van der Waals surface area (Å²) in [6.07, 6.45) is -3.12. The Morgan fingerprint density at radius 2 is 1.54 bits per heavy atom. The number of nitrogens with zero attached hydrogens (tertiary/aromatic N) is 2. The second-order valence-electron chi connectivity index (χ2n) is 4.21. The number of hydrogen-bond donors (Lipinski definition) is 0. The van der Waals surface area contributed by atoms with E-state index in [1.807, 2.05) is 0 Å². The molecular weight excluding hydrogens is 349 g/mol. The summed E-state index contributed by atoms with van der Waals surface area (Å²) in [5.41, 5.74) is -1.59. The van der Waals surface area contributed by atoms with E-state index >= 15 is 0 Å². The van der Waals surface area contributed by atoms with Crippen molar-refractivity contribution in [3.63, 3.8) is 0 Å². The molecule has 0 saturated carbocycles. The number of benzene rings is 1. The van der Waals surface area contributed by atoms with Gasteiger partial charge in [-0.2, -0.15) is 30.7 Å². The molecule has 11 heteroatoms. The van der Waals surface area contributed by atoms with Crippen LogP contribution < -0.4 is 9.47 Å². The van der Waals surface area contributed by atoms with Gasteiger partial charge in [-0.15, -0.1) is 0 Å². The molecule has 130 valence electrons. The topological polar surface area (TPSA) is 44.2 Å². The SMILES string of the molecule is FC(F)Oc1cnc(-c2ccc(C(F)(F)F)cc2OC(F)F)cn1. The van der Waals surface area contributed by atoms with Crippen molar-refractivity contribution in [2.45, 2.75) is 19.4 Å². The van der Waals surface area contributed by atoms with Gasteiger partial charge in [0.25, 0.3) is 0 Å². The molecule has 4 nitrogen and oxygen atoms in total. The average Bonchev–Trinajstić information content (AvgIpc) is 2.46. The molecule has 0 amide bonds. The Morgan fingerprint density at radius 3 is 2.04 bits per heavy atom. The minimum Gasteiger partial charge on any atom is -0.434 e. The van der Waals surface area contributed by atoms with Crippen molar-refractivity contribution in [3.8, 4) is 22.9 Å². The Labute approximate surface area is 129 Å². The van der Waals surface area contributed by atoms with Crippen LogP contribution in [0.1, 0.15) is 5.56 Å². The largest absolute Gasteiger partial charge is 0.434 e. The van der Waals surface area contributed by atoms with Crippen molar-refractivity contribution >= 4 is 0 Å². The van der Waals surface area contributed by atoms with Crippen LogP contribution in [0.25, 0.3) is 11.3 Å². The fourth-order valence-electron chi connectivity index (χ4n) is 1.71. The van der Waals surface area contributed by atoms with Gasteiger partial charge in [-0.25, -0.2) is 9.97 Å². The van der Waals surface area contributed by atoms with Crippen molar-refractivity contribution in [1.29, 1.82) is 0 Å². The highest BCUT2D eigenvalue weighted by atomic mass is 19.4. The maximum absolute atomic E-state index is 12.7. The lowest BCUT2D eigenvalue weighted by molar-refractivity contribution is -0.138. The summed E-state index contributed by atoms with van der Waals surface area (Å²) in [4.78, 5) is 7.09. The molecule has 1 aromatic carbocycles. The zero-order chi connectivity index (χ0) is 17.9. The smallest absolute Gasteiger partial charge is 0.416 e. The number of halogens is 7. The molecule has 0 aliphatic carbocycles. The zero-order valence-electron chi connectivity index (χ0n) is 11.4. The van der Waals surface area contributed by atoms with E-state index in [0.717, 1.165) is 18.5 Å². The molecule has 2 rings (SSSR count). The fourth-order valence-corrected chi connectivity index (χ4v) is 1.71. The van der Waals surface area contributed by atoms with Crippen LogP contribution in [-0.2, 0) is 6.18 Å². The molecule has 0 bridgehead atoms. The first-order chi connectivity index (χ1) is 11.2. The van der Waals surface area contributed by atoms with E-state index in [0.29, 0.717) is 12.1 Å². The third-order valence-corrected chi connectivity index (χ3v) is 2.64. The highest BCUT2D eigenvalue weighted by molar-refractivity contribution is 5.67. The molecule has 1 aromatic heterocycles. The van der Waals surface area contributed by atoms with E-state index < -0.39 is 36.6 Å². The Balaban J connectivity index is 2.41. The average molecular weight is 356 g/mol. The molecule has 0 N–H and O–H groups in total. The van der Waals surface area contributed by atoms with E-state index in [2.05, 4.69) is 19.4 Å². The summed E-state index contributed by atoms with van der Waals surface area (Å²) < 4.78 is 94.8. The lowest BCUT2D eigenvalue weighted by Crippen LogP contribution is -2.09. The molecule has 0 unspecified atom stereocenters. The second-order valence-corrected chi connectivity index (χ2v) is 4.21.